The molecule has 0 amide bonds. The molecule has 3 N–H and O–H groups in total. The summed E-state index contributed by atoms with van der Waals surface area (Å²) in [6, 6.07) is 1.52. The molecule has 0 unspecified atom stereocenters. The molecular weight excluding hydrogens is 190 g/mol. The van der Waals surface area contributed by atoms with Gasteiger partial charge >= 0.3 is 0 Å². The third-order valence-electron chi connectivity index (χ3n) is 3.32. The molecule has 0 radical (unpaired) electrons. The van der Waals surface area contributed by atoms with Gasteiger partial charge in [-0.3, -0.25) is 4.79 Å². The van der Waals surface area contributed by atoms with Crippen LogP contribution in [0.3, 0.4) is 0 Å². The maximum Gasteiger partial charge on any atom is 0.251 e. The molecule has 1 fully saturated rings. The number of H-pyrrole nitrogens is 1. The zero-order chi connectivity index (χ0) is 10.9. The Morgan fingerprint density at radius 3 is 2.73 bits per heavy atom. The highest BCUT2D eigenvalue weighted by atomic mass is 16.1. The molecule has 0 aliphatic heterocycles. The summed E-state index contributed by atoms with van der Waals surface area (Å²) in [6.07, 6.45) is 4.43. The first kappa shape index (κ1) is 10.4. The molecule has 0 aromatic carbocycles. The molecule has 0 bridgehead atoms. The minimum absolute atomic E-state index is 0.0720. The monoisotopic (exact) mass is 207 g/mol. The Kier molecular flexibility index (Phi) is 2.61. The zero-order valence-electron chi connectivity index (χ0n) is 9.05. The lowest BCUT2D eigenvalue weighted by molar-refractivity contribution is 0.422. The summed E-state index contributed by atoms with van der Waals surface area (Å²) in [4.78, 5) is 18.6. The Labute approximate surface area is 88.9 Å². The summed E-state index contributed by atoms with van der Waals surface area (Å²) < 4.78 is 0. The van der Waals surface area contributed by atoms with Gasteiger partial charge in [-0.25, -0.2) is 4.98 Å². The van der Waals surface area contributed by atoms with Gasteiger partial charge in [-0.05, 0) is 19.8 Å². The van der Waals surface area contributed by atoms with Gasteiger partial charge in [-0.15, -0.1) is 0 Å². The van der Waals surface area contributed by atoms with Gasteiger partial charge in [0.15, 0.2) is 0 Å². The van der Waals surface area contributed by atoms with Crippen LogP contribution in [0.25, 0.3) is 0 Å². The number of nitrogens with one attached hydrogen (secondary N) is 1. The predicted octanol–water partition coefficient (Wildman–Crippen LogP) is 0.849. The fraction of sp³-hybridized carbons (Fsp3) is 0.636. The van der Waals surface area contributed by atoms with Gasteiger partial charge in [-0.2, -0.15) is 0 Å². The minimum Gasteiger partial charge on any atom is -0.329 e. The SMILES string of the molecule is Cc1cc(=O)[nH]c(C2(CN)CCCC2)n1. The van der Waals surface area contributed by atoms with Crippen LogP contribution in [0.4, 0.5) is 0 Å². The van der Waals surface area contributed by atoms with E-state index in [2.05, 4.69) is 9.97 Å². The summed E-state index contributed by atoms with van der Waals surface area (Å²) in [5, 5.41) is 0. The number of aromatic amines is 1. The lowest BCUT2D eigenvalue weighted by Gasteiger charge is -2.25. The van der Waals surface area contributed by atoms with Crippen molar-refractivity contribution in [2.24, 2.45) is 5.73 Å². The van der Waals surface area contributed by atoms with E-state index in [1.165, 1.54) is 18.9 Å². The first-order valence-electron chi connectivity index (χ1n) is 5.45. The third-order valence-corrected chi connectivity index (χ3v) is 3.32. The highest BCUT2D eigenvalue weighted by Gasteiger charge is 2.36. The molecule has 4 nitrogen and oxygen atoms in total. The van der Waals surface area contributed by atoms with E-state index in [9.17, 15) is 4.79 Å². The quantitative estimate of drug-likeness (QED) is 0.755. The van der Waals surface area contributed by atoms with E-state index in [4.69, 9.17) is 5.73 Å². The second-order valence-electron chi connectivity index (χ2n) is 4.43. The maximum atomic E-state index is 11.4. The fourth-order valence-corrected chi connectivity index (χ4v) is 2.42. The number of hydrogen-bond acceptors (Lipinski definition) is 3. The largest absolute Gasteiger partial charge is 0.329 e. The van der Waals surface area contributed by atoms with Crippen LogP contribution in [0.1, 0.15) is 37.2 Å². The second kappa shape index (κ2) is 3.77. The molecular formula is C11H17N3O. The number of rotatable bonds is 2. The molecule has 2 rings (SSSR count). The van der Waals surface area contributed by atoms with Crippen molar-refractivity contribution in [1.29, 1.82) is 0 Å². The summed E-state index contributed by atoms with van der Waals surface area (Å²) >= 11 is 0. The van der Waals surface area contributed by atoms with Crippen molar-refractivity contribution in [3.63, 3.8) is 0 Å². The van der Waals surface area contributed by atoms with Crippen LogP contribution < -0.4 is 11.3 Å². The molecule has 4 heteroatoms. The highest BCUT2D eigenvalue weighted by Crippen LogP contribution is 2.37. The number of aromatic nitrogens is 2. The topological polar surface area (TPSA) is 71.8 Å². The van der Waals surface area contributed by atoms with Crippen molar-refractivity contribution >= 4 is 0 Å². The molecule has 1 aliphatic carbocycles. The van der Waals surface area contributed by atoms with Crippen molar-refractivity contribution in [2.45, 2.75) is 38.0 Å². The summed E-state index contributed by atoms with van der Waals surface area (Å²) in [7, 11) is 0. The molecule has 1 heterocycles. The highest BCUT2D eigenvalue weighted by molar-refractivity contribution is 5.14. The van der Waals surface area contributed by atoms with Crippen LogP contribution in [-0.4, -0.2) is 16.5 Å². The molecule has 82 valence electrons. The van der Waals surface area contributed by atoms with Gasteiger partial charge in [0, 0.05) is 23.7 Å². The van der Waals surface area contributed by atoms with Crippen LogP contribution in [-0.2, 0) is 5.41 Å². The standard InChI is InChI=1S/C11H17N3O/c1-8-6-9(15)14-10(13-8)11(7-12)4-2-3-5-11/h6H,2-5,7,12H2,1H3,(H,13,14,15). The Hall–Kier alpha value is -1.16. The number of aryl methyl sites for hydroxylation is 1. The Morgan fingerprint density at radius 1 is 1.53 bits per heavy atom. The van der Waals surface area contributed by atoms with Crippen molar-refractivity contribution in [3.05, 3.63) is 27.9 Å². The Morgan fingerprint density at radius 2 is 2.20 bits per heavy atom. The summed E-state index contributed by atoms with van der Waals surface area (Å²) in [5.41, 5.74) is 6.46. The molecule has 15 heavy (non-hydrogen) atoms. The Bertz CT molecular complexity index is 405. The third kappa shape index (κ3) is 1.81. The van der Waals surface area contributed by atoms with Crippen LogP contribution >= 0.6 is 0 Å². The molecule has 1 aliphatic rings. The average Bonchev–Trinajstić information content (AvgIpc) is 2.65. The van der Waals surface area contributed by atoms with Crippen LogP contribution in [0.2, 0.25) is 0 Å². The van der Waals surface area contributed by atoms with E-state index < -0.39 is 0 Å². The molecule has 1 aromatic heterocycles. The summed E-state index contributed by atoms with van der Waals surface area (Å²) in [6.45, 7) is 2.41. The van der Waals surface area contributed by atoms with Gasteiger partial charge in [-0.1, -0.05) is 12.8 Å². The lowest BCUT2D eigenvalue weighted by atomic mass is 9.85. The number of hydrogen-bond donors (Lipinski definition) is 2. The maximum absolute atomic E-state index is 11.4. The molecule has 0 saturated heterocycles. The zero-order valence-corrected chi connectivity index (χ0v) is 9.05. The molecule has 0 spiro atoms. The fourth-order valence-electron chi connectivity index (χ4n) is 2.42. The summed E-state index contributed by atoms with van der Waals surface area (Å²) in [5.74, 6) is 0.785. The first-order valence-corrected chi connectivity index (χ1v) is 5.45. The van der Waals surface area contributed by atoms with Gasteiger partial charge in [0.1, 0.15) is 5.82 Å². The van der Waals surface area contributed by atoms with E-state index in [1.54, 1.807) is 0 Å². The van der Waals surface area contributed by atoms with Gasteiger partial charge in [0.2, 0.25) is 0 Å². The van der Waals surface area contributed by atoms with Gasteiger partial charge in [0.25, 0.3) is 5.56 Å². The predicted molar refractivity (Wildman–Crippen MR) is 58.8 cm³/mol. The van der Waals surface area contributed by atoms with E-state index >= 15 is 0 Å². The minimum atomic E-state index is -0.0782. The van der Waals surface area contributed by atoms with Crippen molar-refractivity contribution < 1.29 is 0 Å². The Balaban J connectivity index is 2.46. The van der Waals surface area contributed by atoms with E-state index in [0.717, 1.165) is 24.4 Å². The number of nitrogens with zero attached hydrogens (tertiary/aromatic N) is 1. The van der Waals surface area contributed by atoms with Crippen LogP contribution in [0.15, 0.2) is 10.9 Å². The molecule has 1 saturated carbocycles. The molecule has 1 aromatic rings. The van der Waals surface area contributed by atoms with E-state index in [-0.39, 0.29) is 11.0 Å². The van der Waals surface area contributed by atoms with Crippen molar-refractivity contribution in [2.75, 3.05) is 6.54 Å². The first-order chi connectivity index (χ1) is 7.16. The average molecular weight is 207 g/mol. The van der Waals surface area contributed by atoms with Crippen LogP contribution in [0, 0.1) is 6.92 Å². The van der Waals surface area contributed by atoms with Gasteiger partial charge < -0.3 is 10.7 Å². The van der Waals surface area contributed by atoms with Gasteiger partial charge in [0.05, 0.1) is 0 Å². The smallest absolute Gasteiger partial charge is 0.251 e. The van der Waals surface area contributed by atoms with Crippen molar-refractivity contribution in [1.82, 2.24) is 9.97 Å². The second-order valence-corrected chi connectivity index (χ2v) is 4.43. The van der Waals surface area contributed by atoms with Crippen LogP contribution in [0.5, 0.6) is 0 Å². The lowest BCUT2D eigenvalue weighted by Crippen LogP contribution is -2.36. The van der Waals surface area contributed by atoms with E-state index in [0.29, 0.717) is 6.54 Å². The normalized spacial score (nSPS) is 19.3. The molecule has 0 atom stereocenters. The van der Waals surface area contributed by atoms with E-state index in [1.807, 2.05) is 6.92 Å². The van der Waals surface area contributed by atoms with Crippen molar-refractivity contribution in [3.8, 4) is 0 Å². The number of nitrogens with two attached hydrogens (primary N) is 1.